The Balaban J connectivity index is 2.01. The minimum Gasteiger partial charge on any atom is -0.481 e. The number of carbonyl (C=O) groups is 2. The number of aromatic nitrogens is 3. The van der Waals surface area contributed by atoms with E-state index in [1.807, 2.05) is 6.92 Å². The van der Waals surface area contributed by atoms with Gasteiger partial charge in [0.1, 0.15) is 0 Å². The van der Waals surface area contributed by atoms with Gasteiger partial charge in [0, 0.05) is 19.3 Å². The molecule has 0 unspecified atom stereocenters. The molecule has 1 atom stereocenters. The average Bonchev–Trinajstić information content (AvgIpc) is 2.81. The lowest BCUT2D eigenvalue weighted by Gasteiger charge is -2.13. The smallest absolute Gasteiger partial charge is 0.340 e. The van der Waals surface area contributed by atoms with Crippen molar-refractivity contribution in [3.63, 3.8) is 0 Å². The number of hydrogen-bond acceptors (Lipinski definition) is 6. The maximum absolute atomic E-state index is 12.2. The van der Waals surface area contributed by atoms with E-state index in [2.05, 4.69) is 15.4 Å². The van der Waals surface area contributed by atoms with Gasteiger partial charge in [0.25, 0.3) is 5.91 Å². The fraction of sp³-hybridized carbons (Fsp3) is 0.375. The van der Waals surface area contributed by atoms with Gasteiger partial charge < -0.3 is 14.8 Å². The third-order valence-electron chi connectivity index (χ3n) is 3.59. The number of methoxy groups -OCH3 is 1. The fourth-order valence-electron chi connectivity index (χ4n) is 2.08. The summed E-state index contributed by atoms with van der Waals surface area (Å²) in [5.74, 6) is -0.670. The Labute approximate surface area is 139 Å². The van der Waals surface area contributed by atoms with Gasteiger partial charge in [-0.15, -0.1) is 0 Å². The number of amides is 1. The first-order chi connectivity index (χ1) is 11.3. The number of hydrogen-bond donors (Lipinski definition) is 1. The standard InChI is InChI=1S/C16H20N4O4/c1-9-14(10(2)20(4)19-9)18-15(21)11(3)24-16(22)12-6-7-13(23-5)17-8-12/h6-8,11H,1-5H3,(H,18,21)/t11-/m1/s1. The number of nitrogens with one attached hydrogen (secondary N) is 1. The van der Waals surface area contributed by atoms with E-state index in [0.29, 0.717) is 17.3 Å². The summed E-state index contributed by atoms with van der Waals surface area (Å²) in [7, 11) is 3.27. The van der Waals surface area contributed by atoms with Gasteiger partial charge in [-0.2, -0.15) is 5.10 Å². The number of aryl methyl sites for hydroxylation is 2. The molecule has 8 nitrogen and oxygen atoms in total. The van der Waals surface area contributed by atoms with Crippen molar-refractivity contribution in [2.45, 2.75) is 26.9 Å². The van der Waals surface area contributed by atoms with Crippen molar-refractivity contribution in [3.05, 3.63) is 35.3 Å². The molecule has 0 aliphatic rings. The molecule has 128 valence electrons. The summed E-state index contributed by atoms with van der Waals surface area (Å²) in [6.07, 6.45) is 0.375. The Morgan fingerprint density at radius 1 is 1.29 bits per heavy atom. The summed E-state index contributed by atoms with van der Waals surface area (Å²) in [5, 5.41) is 6.96. The largest absolute Gasteiger partial charge is 0.481 e. The van der Waals surface area contributed by atoms with Gasteiger partial charge in [0.05, 0.1) is 29.7 Å². The molecule has 0 aromatic carbocycles. The Morgan fingerprint density at radius 2 is 2.00 bits per heavy atom. The molecule has 0 saturated carbocycles. The highest BCUT2D eigenvalue weighted by Gasteiger charge is 2.21. The molecule has 2 heterocycles. The van der Waals surface area contributed by atoms with Crippen LogP contribution in [0.4, 0.5) is 5.69 Å². The van der Waals surface area contributed by atoms with Crippen LogP contribution < -0.4 is 10.1 Å². The second-order valence-corrected chi connectivity index (χ2v) is 5.30. The summed E-state index contributed by atoms with van der Waals surface area (Å²) in [5.41, 5.74) is 2.38. The molecular weight excluding hydrogens is 312 g/mol. The first-order valence-corrected chi connectivity index (χ1v) is 7.35. The summed E-state index contributed by atoms with van der Waals surface area (Å²) in [6.45, 7) is 5.14. The third kappa shape index (κ3) is 3.70. The van der Waals surface area contributed by atoms with Crippen LogP contribution in [0.15, 0.2) is 18.3 Å². The molecule has 1 N–H and O–H groups in total. The molecule has 0 spiro atoms. The van der Waals surface area contributed by atoms with Gasteiger partial charge in [-0.05, 0) is 26.8 Å². The van der Waals surface area contributed by atoms with Crippen molar-refractivity contribution in [2.75, 3.05) is 12.4 Å². The van der Waals surface area contributed by atoms with Crippen LogP contribution >= 0.6 is 0 Å². The Bertz CT molecular complexity index is 752. The quantitative estimate of drug-likeness (QED) is 0.836. The normalized spacial score (nSPS) is 11.7. The van der Waals surface area contributed by atoms with Crippen LogP contribution in [0.1, 0.15) is 28.7 Å². The molecule has 2 aromatic rings. The molecule has 2 aromatic heterocycles. The maximum atomic E-state index is 12.2. The Morgan fingerprint density at radius 3 is 2.50 bits per heavy atom. The lowest BCUT2D eigenvalue weighted by atomic mass is 10.2. The van der Waals surface area contributed by atoms with Gasteiger partial charge in [0.15, 0.2) is 6.10 Å². The predicted molar refractivity (Wildman–Crippen MR) is 87.0 cm³/mol. The van der Waals surface area contributed by atoms with Crippen molar-refractivity contribution < 1.29 is 19.1 Å². The van der Waals surface area contributed by atoms with E-state index in [1.54, 1.807) is 24.7 Å². The van der Waals surface area contributed by atoms with Gasteiger partial charge in [-0.25, -0.2) is 9.78 Å². The number of anilines is 1. The molecule has 24 heavy (non-hydrogen) atoms. The van der Waals surface area contributed by atoms with Crippen LogP contribution in [0.2, 0.25) is 0 Å². The van der Waals surface area contributed by atoms with Crippen molar-refractivity contribution >= 4 is 17.6 Å². The lowest BCUT2D eigenvalue weighted by Crippen LogP contribution is -2.30. The molecular formula is C16H20N4O4. The van der Waals surface area contributed by atoms with Crippen LogP contribution in [-0.4, -0.2) is 39.9 Å². The second-order valence-electron chi connectivity index (χ2n) is 5.30. The zero-order chi connectivity index (χ0) is 17.9. The molecule has 0 bridgehead atoms. The predicted octanol–water partition coefficient (Wildman–Crippen LogP) is 1.62. The van der Waals surface area contributed by atoms with E-state index in [-0.39, 0.29) is 5.56 Å². The number of nitrogens with zero attached hydrogens (tertiary/aromatic N) is 3. The topological polar surface area (TPSA) is 95.3 Å². The van der Waals surface area contributed by atoms with Crippen LogP contribution in [0.25, 0.3) is 0 Å². The Hall–Kier alpha value is -2.90. The van der Waals surface area contributed by atoms with Crippen LogP contribution in [0.5, 0.6) is 5.88 Å². The number of ether oxygens (including phenoxy) is 2. The summed E-state index contributed by atoms with van der Waals surface area (Å²) in [4.78, 5) is 28.2. The molecule has 8 heteroatoms. The van der Waals surface area contributed by atoms with Crippen molar-refractivity contribution in [3.8, 4) is 5.88 Å². The van der Waals surface area contributed by atoms with E-state index in [9.17, 15) is 9.59 Å². The fourth-order valence-corrected chi connectivity index (χ4v) is 2.08. The van der Waals surface area contributed by atoms with E-state index in [1.165, 1.54) is 26.3 Å². The van der Waals surface area contributed by atoms with Gasteiger partial charge in [-0.1, -0.05) is 0 Å². The third-order valence-corrected chi connectivity index (χ3v) is 3.59. The van der Waals surface area contributed by atoms with E-state index >= 15 is 0 Å². The van der Waals surface area contributed by atoms with Gasteiger partial charge in [-0.3, -0.25) is 9.48 Å². The number of esters is 1. The summed E-state index contributed by atoms with van der Waals surface area (Å²) < 4.78 is 11.8. The highest BCUT2D eigenvalue weighted by Crippen LogP contribution is 2.19. The number of rotatable bonds is 5. The first-order valence-electron chi connectivity index (χ1n) is 7.35. The molecule has 1 amide bonds. The minimum atomic E-state index is -0.960. The molecule has 0 fully saturated rings. The van der Waals surface area contributed by atoms with E-state index in [0.717, 1.165) is 5.69 Å². The number of pyridine rings is 1. The SMILES string of the molecule is COc1ccc(C(=O)O[C@H](C)C(=O)Nc2c(C)nn(C)c2C)cn1. The molecule has 0 aliphatic heterocycles. The highest BCUT2D eigenvalue weighted by molar-refractivity contribution is 5.97. The van der Waals surface area contributed by atoms with E-state index in [4.69, 9.17) is 9.47 Å². The van der Waals surface area contributed by atoms with Crippen molar-refractivity contribution in [1.82, 2.24) is 14.8 Å². The van der Waals surface area contributed by atoms with Crippen LogP contribution in [-0.2, 0) is 16.6 Å². The highest BCUT2D eigenvalue weighted by atomic mass is 16.5. The summed E-state index contributed by atoms with van der Waals surface area (Å²) in [6, 6.07) is 3.07. The maximum Gasteiger partial charge on any atom is 0.340 e. The molecule has 0 aliphatic carbocycles. The second kappa shape index (κ2) is 7.12. The Kier molecular flexibility index (Phi) is 5.18. The lowest BCUT2D eigenvalue weighted by molar-refractivity contribution is -0.123. The first kappa shape index (κ1) is 17.5. The molecule has 2 rings (SSSR count). The van der Waals surface area contributed by atoms with Crippen molar-refractivity contribution in [1.29, 1.82) is 0 Å². The van der Waals surface area contributed by atoms with Crippen LogP contribution in [0.3, 0.4) is 0 Å². The van der Waals surface area contributed by atoms with Crippen molar-refractivity contribution in [2.24, 2.45) is 7.05 Å². The number of carbonyl (C=O) groups excluding carboxylic acids is 2. The molecule has 0 radical (unpaired) electrons. The zero-order valence-electron chi connectivity index (χ0n) is 14.3. The average molecular weight is 332 g/mol. The summed E-state index contributed by atoms with van der Waals surface area (Å²) >= 11 is 0. The van der Waals surface area contributed by atoms with Gasteiger partial charge in [0.2, 0.25) is 5.88 Å². The van der Waals surface area contributed by atoms with E-state index < -0.39 is 18.0 Å². The zero-order valence-corrected chi connectivity index (χ0v) is 14.3. The minimum absolute atomic E-state index is 0.240. The monoisotopic (exact) mass is 332 g/mol. The molecule has 0 saturated heterocycles. The van der Waals surface area contributed by atoms with Crippen LogP contribution in [0, 0.1) is 13.8 Å². The van der Waals surface area contributed by atoms with Gasteiger partial charge >= 0.3 is 5.97 Å².